The van der Waals surface area contributed by atoms with Crippen molar-refractivity contribution in [3.05, 3.63) is 23.3 Å². The number of aromatic hydroxyl groups is 2. The number of rotatable bonds is 0. The highest BCUT2D eigenvalue weighted by Gasteiger charge is 2.22. The van der Waals surface area contributed by atoms with Crippen molar-refractivity contribution < 1.29 is 24.5 Å². The van der Waals surface area contributed by atoms with Crippen LogP contribution in [0.25, 0.3) is 0 Å². The summed E-state index contributed by atoms with van der Waals surface area (Å²) in [4.78, 5) is 24.4. The maximum atomic E-state index is 12.3. The summed E-state index contributed by atoms with van der Waals surface area (Å²) in [6.07, 6.45) is 5.94. The van der Waals surface area contributed by atoms with Crippen molar-refractivity contribution in [1.82, 2.24) is 0 Å². The molecule has 0 aliphatic carbocycles. The van der Waals surface area contributed by atoms with Crippen molar-refractivity contribution in [2.75, 3.05) is 0 Å². The standard InChI is InChI=1S/C18H24O5/c1-12-7-5-3-2-4-6-8-14(19)9-13-10-15(20)11-16(21)17(13)18(22)23-12/h10-12,20-21H,2-9H2,1H3/t12-/m1/s1. The van der Waals surface area contributed by atoms with Crippen molar-refractivity contribution in [3.63, 3.8) is 0 Å². The number of ether oxygens (including phenoxy) is 1. The Labute approximate surface area is 136 Å². The van der Waals surface area contributed by atoms with Crippen molar-refractivity contribution in [3.8, 4) is 11.5 Å². The lowest BCUT2D eigenvalue weighted by Crippen LogP contribution is -2.18. The third-order valence-electron chi connectivity index (χ3n) is 4.15. The lowest BCUT2D eigenvalue weighted by molar-refractivity contribution is -0.118. The van der Waals surface area contributed by atoms with E-state index in [2.05, 4.69) is 0 Å². The van der Waals surface area contributed by atoms with Gasteiger partial charge < -0.3 is 14.9 Å². The fraction of sp³-hybridized carbons (Fsp3) is 0.556. The molecule has 0 saturated carbocycles. The number of hydrogen-bond acceptors (Lipinski definition) is 5. The summed E-state index contributed by atoms with van der Waals surface area (Å²) in [5, 5.41) is 19.7. The van der Waals surface area contributed by atoms with Crippen LogP contribution >= 0.6 is 0 Å². The molecule has 1 heterocycles. The molecule has 2 N–H and O–H groups in total. The molecule has 5 heteroatoms. The van der Waals surface area contributed by atoms with Crippen molar-refractivity contribution in [2.45, 2.75) is 64.4 Å². The smallest absolute Gasteiger partial charge is 0.342 e. The minimum absolute atomic E-state index is 0.00541. The number of hydrogen-bond donors (Lipinski definition) is 2. The van der Waals surface area contributed by atoms with E-state index in [1.165, 1.54) is 6.07 Å². The maximum absolute atomic E-state index is 12.3. The monoisotopic (exact) mass is 320 g/mol. The molecule has 126 valence electrons. The van der Waals surface area contributed by atoms with Crippen LogP contribution in [0.1, 0.15) is 67.8 Å². The van der Waals surface area contributed by atoms with E-state index in [1.807, 2.05) is 6.92 Å². The summed E-state index contributed by atoms with van der Waals surface area (Å²) in [5.74, 6) is -1.17. The van der Waals surface area contributed by atoms with E-state index >= 15 is 0 Å². The second-order valence-electron chi connectivity index (χ2n) is 6.24. The summed E-state index contributed by atoms with van der Waals surface area (Å²) in [5.41, 5.74) is 0.307. The fourth-order valence-electron chi connectivity index (χ4n) is 2.93. The molecule has 0 amide bonds. The topological polar surface area (TPSA) is 83.8 Å². The lowest BCUT2D eigenvalue weighted by Gasteiger charge is -2.16. The van der Waals surface area contributed by atoms with E-state index < -0.39 is 5.97 Å². The van der Waals surface area contributed by atoms with E-state index in [9.17, 15) is 19.8 Å². The Morgan fingerprint density at radius 3 is 2.52 bits per heavy atom. The van der Waals surface area contributed by atoms with E-state index in [4.69, 9.17) is 4.74 Å². The van der Waals surface area contributed by atoms with Gasteiger partial charge in [-0.2, -0.15) is 0 Å². The number of carbonyl (C=O) groups excluding carboxylic acids is 2. The number of phenols is 2. The van der Waals surface area contributed by atoms with Crippen LogP contribution in [-0.4, -0.2) is 28.1 Å². The van der Waals surface area contributed by atoms with E-state index in [-0.39, 0.29) is 35.4 Å². The first-order valence-electron chi connectivity index (χ1n) is 8.25. The number of phenolic OH excluding ortho intramolecular Hbond substituents is 2. The summed E-state index contributed by atoms with van der Waals surface area (Å²) < 4.78 is 5.39. The summed E-state index contributed by atoms with van der Waals surface area (Å²) in [6.45, 7) is 1.83. The molecule has 1 aliphatic rings. The minimum atomic E-state index is -0.644. The molecule has 1 aliphatic heterocycles. The Morgan fingerprint density at radius 1 is 1.04 bits per heavy atom. The van der Waals surface area contributed by atoms with E-state index in [0.29, 0.717) is 12.0 Å². The van der Waals surface area contributed by atoms with Crippen LogP contribution in [0.2, 0.25) is 0 Å². The molecule has 0 bridgehead atoms. The van der Waals surface area contributed by atoms with Crippen LogP contribution in [0.4, 0.5) is 0 Å². The van der Waals surface area contributed by atoms with Gasteiger partial charge in [-0.1, -0.05) is 19.3 Å². The van der Waals surface area contributed by atoms with Gasteiger partial charge in [-0.15, -0.1) is 0 Å². The molecular formula is C18H24O5. The molecule has 0 spiro atoms. The first-order chi connectivity index (χ1) is 11.0. The molecule has 1 aromatic carbocycles. The Bertz CT molecular complexity index is 579. The maximum Gasteiger partial charge on any atom is 0.342 e. The van der Waals surface area contributed by atoms with Gasteiger partial charge >= 0.3 is 5.97 Å². The van der Waals surface area contributed by atoms with Crippen LogP contribution in [0, 0.1) is 0 Å². The highest BCUT2D eigenvalue weighted by molar-refractivity contribution is 5.96. The highest BCUT2D eigenvalue weighted by atomic mass is 16.5. The number of benzene rings is 1. The number of Topliss-reactive ketones (excluding diaryl/α,β-unsaturated/α-hetero) is 1. The van der Waals surface area contributed by atoms with Gasteiger partial charge in [0, 0.05) is 18.9 Å². The van der Waals surface area contributed by atoms with Gasteiger partial charge in [-0.3, -0.25) is 4.79 Å². The molecule has 0 radical (unpaired) electrons. The van der Waals surface area contributed by atoms with Crippen LogP contribution in [0.5, 0.6) is 11.5 Å². The average Bonchev–Trinajstić information content (AvgIpc) is 2.44. The first kappa shape index (κ1) is 17.3. The molecule has 5 nitrogen and oxygen atoms in total. The molecule has 1 aromatic rings. The summed E-state index contributed by atoms with van der Waals surface area (Å²) >= 11 is 0. The third-order valence-corrected chi connectivity index (χ3v) is 4.15. The lowest BCUT2D eigenvalue weighted by atomic mass is 9.97. The predicted octanol–water partition coefficient (Wildman–Crippen LogP) is 3.50. The first-order valence-corrected chi connectivity index (χ1v) is 8.25. The second kappa shape index (κ2) is 7.99. The number of fused-ring (bicyclic) bond motifs is 1. The van der Waals surface area contributed by atoms with E-state index in [1.54, 1.807) is 0 Å². The number of ketones is 1. The molecule has 1 atom stereocenters. The second-order valence-corrected chi connectivity index (χ2v) is 6.24. The van der Waals surface area contributed by atoms with Gasteiger partial charge in [0.15, 0.2) is 0 Å². The Kier molecular flexibility index (Phi) is 6.02. The van der Waals surface area contributed by atoms with E-state index in [0.717, 1.165) is 44.6 Å². The molecule has 0 aromatic heterocycles. The van der Waals surface area contributed by atoms with Crippen LogP contribution in [0.15, 0.2) is 12.1 Å². The van der Waals surface area contributed by atoms with Gasteiger partial charge in [0.1, 0.15) is 22.8 Å². The number of esters is 1. The van der Waals surface area contributed by atoms with Gasteiger partial charge in [0.05, 0.1) is 6.10 Å². The van der Waals surface area contributed by atoms with Crippen molar-refractivity contribution in [1.29, 1.82) is 0 Å². The third kappa shape index (κ3) is 4.98. The van der Waals surface area contributed by atoms with Gasteiger partial charge in [-0.25, -0.2) is 4.79 Å². The van der Waals surface area contributed by atoms with Gasteiger partial charge in [0.2, 0.25) is 0 Å². The Morgan fingerprint density at radius 2 is 1.74 bits per heavy atom. The zero-order chi connectivity index (χ0) is 16.8. The minimum Gasteiger partial charge on any atom is -0.508 e. The normalized spacial score (nSPS) is 21.2. The molecule has 0 fully saturated rings. The molecular weight excluding hydrogens is 296 g/mol. The Hall–Kier alpha value is -2.04. The quantitative estimate of drug-likeness (QED) is 0.715. The van der Waals surface area contributed by atoms with Crippen molar-refractivity contribution >= 4 is 11.8 Å². The average molecular weight is 320 g/mol. The fourth-order valence-corrected chi connectivity index (χ4v) is 2.93. The molecule has 23 heavy (non-hydrogen) atoms. The zero-order valence-electron chi connectivity index (χ0n) is 13.5. The largest absolute Gasteiger partial charge is 0.508 e. The molecule has 2 rings (SSSR count). The van der Waals surface area contributed by atoms with Crippen molar-refractivity contribution in [2.24, 2.45) is 0 Å². The Balaban J connectivity index is 2.30. The highest BCUT2D eigenvalue weighted by Crippen LogP contribution is 2.29. The number of cyclic esters (lactones) is 1. The van der Waals surface area contributed by atoms with Crippen LogP contribution in [0.3, 0.4) is 0 Å². The van der Waals surface area contributed by atoms with Crippen LogP contribution < -0.4 is 0 Å². The summed E-state index contributed by atoms with van der Waals surface area (Å²) in [6, 6.07) is 2.45. The van der Waals surface area contributed by atoms with Crippen LogP contribution in [-0.2, 0) is 16.0 Å². The SMILES string of the molecule is C[C@@H]1CCCCCCCC(=O)Cc2cc(O)cc(O)c2C(=O)O1. The predicted molar refractivity (Wildman–Crippen MR) is 85.7 cm³/mol. The van der Waals surface area contributed by atoms with Gasteiger partial charge in [-0.05, 0) is 37.8 Å². The number of carbonyl (C=O) groups is 2. The summed E-state index contributed by atoms with van der Waals surface area (Å²) in [7, 11) is 0. The zero-order valence-corrected chi connectivity index (χ0v) is 13.5. The van der Waals surface area contributed by atoms with Gasteiger partial charge in [0.25, 0.3) is 0 Å². The molecule has 0 saturated heterocycles. The molecule has 0 unspecified atom stereocenters.